The van der Waals surface area contributed by atoms with Crippen molar-refractivity contribution in [3.63, 3.8) is 0 Å². The second-order valence-corrected chi connectivity index (χ2v) is 7.31. The van der Waals surface area contributed by atoms with Gasteiger partial charge in [-0.1, -0.05) is 32.9 Å². The summed E-state index contributed by atoms with van der Waals surface area (Å²) in [5, 5.41) is 3.39. The zero-order chi connectivity index (χ0) is 18.1. The highest BCUT2D eigenvalue weighted by Crippen LogP contribution is 2.32. The molecule has 0 radical (unpaired) electrons. The van der Waals surface area contributed by atoms with Crippen LogP contribution < -0.4 is 10.1 Å². The van der Waals surface area contributed by atoms with E-state index >= 15 is 0 Å². The number of benzene rings is 1. The Morgan fingerprint density at radius 3 is 2.73 bits per heavy atom. The van der Waals surface area contributed by atoms with Crippen LogP contribution in [0.5, 0.6) is 5.75 Å². The van der Waals surface area contributed by atoms with Gasteiger partial charge in [0.2, 0.25) is 0 Å². The molecule has 3 aromatic rings. The van der Waals surface area contributed by atoms with Crippen molar-refractivity contribution in [3.8, 4) is 5.75 Å². The van der Waals surface area contributed by atoms with Gasteiger partial charge < -0.3 is 10.1 Å². The maximum atomic E-state index is 6.23. The first-order valence-electron chi connectivity index (χ1n) is 9.22. The molecule has 0 amide bonds. The van der Waals surface area contributed by atoms with Crippen molar-refractivity contribution in [1.29, 1.82) is 0 Å². The highest BCUT2D eigenvalue weighted by atomic mass is 16.5. The van der Waals surface area contributed by atoms with Gasteiger partial charge in [0.1, 0.15) is 6.10 Å². The quantitative estimate of drug-likeness (QED) is 0.751. The summed E-state index contributed by atoms with van der Waals surface area (Å²) >= 11 is 0. The van der Waals surface area contributed by atoms with Crippen molar-refractivity contribution in [1.82, 2.24) is 15.0 Å². The summed E-state index contributed by atoms with van der Waals surface area (Å²) in [5.74, 6) is 2.39. The van der Waals surface area contributed by atoms with E-state index in [-0.39, 0.29) is 12.0 Å². The van der Waals surface area contributed by atoms with Crippen molar-refractivity contribution < 1.29 is 4.74 Å². The summed E-state index contributed by atoms with van der Waals surface area (Å²) in [6, 6.07) is 10.1. The topological polar surface area (TPSA) is 59.9 Å². The molecule has 0 saturated carbocycles. The Balaban J connectivity index is 1.49. The molecule has 0 aliphatic carbocycles. The zero-order valence-corrected chi connectivity index (χ0v) is 15.4. The van der Waals surface area contributed by atoms with Gasteiger partial charge in [0, 0.05) is 18.3 Å². The highest BCUT2D eigenvalue weighted by Gasteiger charge is 2.24. The number of nitrogens with zero attached hydrogens (tertiary/aromatic N) is 3. The lowest BCUT2D eigenvalue weighted by molar-refractivity contribution is 0.186. The molecule has 4 rings (SSSR count). The second kappa shape index (κ2) is 6.90. The van der Waals surface area contributed by atoms with E-state index in [0.717, 1.165) is 41.3 Å². The van der Waals surface area contributed by atoms with Gasteiger partial charge in [-0.05, 0) is 36.1 Å². The van der Waals surface area contributed by atoms with Crippen molar-refractivity contribution in [2.45, 2.75) is 45.1 Å². The van der Waals surface area contributed by atoms with E-state index in [1.807, 2.05) is 36.7 Å². The second-order valence-electron chi connectivity index (χ2n) is 7.31. The minimum atomic E-state index is 0.0926. The minimum Gasteiger partial charge on any atom is -0.485 e. The van der Waals surface area contributed by atoms with Gasteiger partial charge in [0.15, 0.2) is 11.6 Å². The molecule has 5 heteroatoms. The first-order chi connectivity index (χ1) is 12.6. The van der Waals surface area contributed by atoms with E-state index in [0.29, 0.717) is 5.92 Å². The number of rotatable bonds is 4. The smallest absolute Gasteiger partial charge is 0.168 e. The van der Waals surface area contributed by atoms with Crippen molar-refractivity contribution in [3.05, 3.63) is 54.0 Å². The molecule has 5 nitrogen and oxygen atoms in total. The summed E-state index contributed by atoms with van der Waals surface area (Å²) in [6.45, 7) is 7.27. The number of hydrogen-bond donors (Lipinski definition) is 1. The molecule has 0 saturated heterocycles. The third-order valence-corrected chi connectivity index (χ3v) is 4.92. The fourth-order valence-electron chi connectivity index (χ4n) is 3.29. The van der Waals surface area contributed by atoms with Gasteiger partial charge in [-0.2, -0.15) is 0 Å². The van der Waals surface area contributed by atoms with Crippen molar-refractivity contribution in [2.24, 2.45) is 0 Å². The van der Waals surface area contributed by atoms with Gasteiger partial charge in [-0.3, -0.25) is 4.98 Å². The number of ether oxygens (including phenoxy) is 1. The van der Waals surface area contributed by atoms with Gasteiger partial charge >= 0.3 is 0 Å². The van der Waals surface area contributed by atoms with E-state index < -0.39 is 0 Å². The number of anilines is 1. The summed E-state index contributed by atoms with van der Waals surface area (Å²) in [5.41, 5.74) is 4.07. The lowest BCUT2D eigenvalue weighted by Crippen LogP contribution is -2.32. The van der Waals surface area contributed by atoms with E-state index in [9.17, 15) is 0 Å². The molecule has 2 aromatic heterocycles. The van der Waals surface area contributed by atoms with Gasteiger partial charge in [-0.15, -0.1) is 0 Å². The van der Waals surface area contributed by atoms with Crippen LogP contribution in [-0.4, -0.2) is 27.6 Å². The van der Waals surface area contributed by atoms with Crippen molar-refractivity contribution in [2.75, 3.05) is 11.9 Å². The molecule has 26 heavy (non-hydrogen) atoms. The van der Waals surface area contributed by atoms with Crippen LogP contribution in [0.4, 0.5) is 5.82 Å². The zero-order valence-electron chi connectivity index (χ0n) is 15.4. The molecule has 0 bridgehead atoms. The Morgan fingerprint density at radius 2 is 1.92 bits per heavy atom. The molecule has 0 spiro atoms. The molecule has 1 unspecified atom stereocenters. The summed E-state index contributed by atoms with van der Waals surface area (Å²) in [4.78, 5) is 13.8. The lowest BCUT2D eigenvalue weighted by atomic mass is 9.99. The Bertz CT molecular complexity index is 925. The molecule has 134 valence electrons. The molecule has 1 aromatic carbocycles. The predicted molar refractivity (Wildman–Crippen MR) is 104 cm³/mol. The van der Waals surface area contributed by atoms with Gasteiger partial charge in [0.05, 0.1) is 23.3 Å². The van der Waals surface area contributed by atoms with Crippen LogP contribution in [0.3, 0.4) is 0 Å². The van der Waals surface area contributed by atoms with E-state index in [1.165, 1.54) is 5.56 Å². The average Bonchev–Trinajstić information content (AvgIpc) is 2.67. The fourth-order valence-corrected chi connectivity index (χ4v) is 3.29. The Hall–Kier alpha value is -2.69. The summed E-state index contributed by atoms with van der Waals surface area (Å²) in [6.07, 6.45) is 4.78. The number of aromatic nitrogens is 3. The van der Waals surface area contributed by atoms with Gasteiger partial charge in [-0.25, -0.2) is 9.97 Å². The van der Waals surface area contributed by atoms with Crippen LogP contribution in [-0.2, 0) is 0 Å². The Kier molecular flexibility index (Phi) is 4.45. The van der Waals surface area contributed by atoms with Crippen LogP contribution in [0.25, 0.3) is 11.0 Å². The first-order valence-corrected chi connectivity index (χ1v) is 9.22. The summed E-state index contributed by atoms with van der Waals surface area (Å²) in [7, 11) is 0. The van der Waals surface area contributed by atoms with Crippen molar-refractivity contribution >= 4 is 16.9 Å². The maximum Gasteiger partial charge on any atom is 0.168 e. The van der Waals surface area contributed by atoms with Crippen LogP contribution in [0.15, 0.2) is 42.7 Å². The van der Waals surface area contributed by atoms with Crippen LogP contribution in [0, 0.1) is 0 Å². The third kappa shape index (κ3) is 3.34. The SMILES string of the molecule is CC(C)c1cnc2c(c1)OC(C[C@H](C)c1cnc3ccccc3n1)CN2. The van der Waals surface area contributed by atoms with E-state index in [2.05, 4.69) is 42.1 Å². The molecule has 2 atom stereocenters. The number of nitrogens with one attached hydrogen (secondary N) is 1. The van der Waals surface area contributed by atoms with Crippen LogP contribution >= 0.6 is 0 Å². The number of hydrogen-bond acceptors (Lipinski definition) is 5. The summed E-state index contributed by atoms with van der Waals surface area (Å²) < 4.78 is 6.23. The lowest BCUT2D eigenvalue weighted by Gasteiger charge is -2.29. The Morgan fingerprint density at radius 1 is 1.12 bits per heavy atom. The molecular formula is C21H24N4O. The Labute approximate surface area is 153 Å². The molecule has 1 N–H and O–H groups in total. The largest absolute Gasteiger partial charge is 0.485 e. The van der Waals surface area contributed by atoms with Gasteiger partial charge in [0.25, 0.3) is 0 Å². The molecule has 3 heterocycles. The fraction of sp³-hybridized carbons (Fsp3) is 0.381. The number of fused-ring (bicyclic) bond motifs is 2. The number of pyridine rings is 1. The number of para-hydroxylation sites is 2. The molecule has 1 aliphatic heterocycles. The molecular weight excluding hydrogens is 324 g/mol. The maximum absolute atomic E-state index is 6.23. The third-order valence-electron chi connectivity index (χ3n) is 4.92. The molecule has 0 fully saturated rings. The monoisotopic (exact) mass is 348 g/mol. The van der Waals surface area contributed by atoms with E-state index in [1.54, 1.807) is 0 Å². The average molecular weight is 348 g/mol. The van der Waals surface area contributed by atoms with E-state index in [4.69, 9.17) is 9.72 Å². The normalized spacial score (nSPS) is 17.5. The van der Waals surface area contributed by atoms with Crippen LogP contribution in [0.2, 0.25) is 0 Å². The molecule has 1 aliphatic rings. The van der Waals surface area contributed by atoms with Crippen LogP contribution in [0.1, 0.15) is 50.3 Å². The predicted octanol–water partition coefficient (Wildman–Crippen LogP) is 4.51. The minimum absolute atomic E-state index is 0.0926. The highest BCUT2D eigenvalue weighted by molar-refractivity contribution is 5.73. The first kappa shape index (κ1) is 16.8. The standard InChI is InChI=1S/C21H24N4O/c1-13(2)15-9-20-21(23-10-15)24-11-16(26-20)8-14(3)19-12-22-17-6-4-5-7-18(17)25-19/h4-7,9-10,12-14,16H,8,11H2,1-3H3,(H,23,24)/t14-,16?/m0/s1.